The number of benzene rings is 3. The molecule has 0 bridgehead atoms. The van der Waals surface area contributed by atoms with Gasteiger partial charge in [0.05, 0.1) is 12.8 Å². The van der Waals surface area contributed by atoms with Gasteiger partial charge in [-0.15, -0.1) is 0 Å². The minimum Gasteiger partial charge on any atom is -0.492 e. The third-order valence-corrected chi connectivity index (χ3v) is 7.15. The van der Waals surface area contributed by atoms with Crippen LogP contribution in [-0.2, 0) is 6.54 Å². The summed E-state index contributed by atoms with van der Waals surface area (Å²) in [6.45, 7) is 10.2. The van der Waals surface area contributed by atoms with Gasteiger partial charge in [0.15, 0.2) is 0 Å². The summed E-state index contributed by atoms with van der Waals surface area (Å²) in [5, 5.41) is 5.46. The highest BCUT2D eigenvalue weighted by Gasteiger charge is 2.19. The fourth-order valence-corrected chi connectivity index (χ4v) is 5.13. The van der Waals surface area contributed by atoms with E-state index in [4.69, 9.17) is 4.74 Å². The molecule has 0 radical (unpaired) electrons. The zero-order valence-corrected chi connectivity index (χ0v) is 22.3. The second-order valence-electron chi connectivity index (χ2n) is 9.73. The first-order valence-corrected chi connectivity index (χ1v) is 13.6. The maximum absolute atomic E-state index is 12.2. The lowest BCUT2D eigenvalue weighted by Crippen LogP contribution is -2.46. The molecule has 6 nitrogen and oxygen atoms in total. The highest BCUT2D eigenvalue weighted by molar-refractivity contribution is 5.98. The highest BCUT2D eigenvalue weighted by atomic mass is 16.5. The normalized spacial score (nSPS) is 14.0. The van der Waals surface area contributed by atoms with Crippen LogP contribution >= 0.6 is 0 Å². The van der Waals surface area contributed by atoms with E-state index >= 15 is 0 Å². The Labute approximate surface area is 225 Å². The molecule has 0 aliphatic carbocycles. The molecule has 1 aliphatic heterocycles. The molecule has 1 aromatic heterocycles. The minimum atomic E-state index is -0.000255. The molecule has 38 heavy (non-hydrogen) atoms. The summed E-state index contributed by atoms with van der Waals surface area (Å²) < 4.78 is 5.68. The quantitative estimate of drug-likeness (QED) is 0.311. The maximum Gasteiger partial charge on any atom is 0.251 e. The second-order valence-corrected chi connectivity index (χ2v) is 9.73. The standard InChI is InChI=1S/C32H36N4O2/c1-3-15-34-32(37)24-9-12-27(13-10-24)36-18-16-35(17-19-36)23-25-11-14-30(31-8-6-5-7-29(25)31)26-20-28(38-4-2)22-33-21-26/h5-14,20-22H,3-4,15-19,23H2,1-2H3,(H,34,37). The van der Waals surface area contributed by atoms with E-state index in [0.717, 1.165) is 56.0 Å². The van der Waals surface area contributed by atoms with Crippen molar-refractivity contribution in [3.63, 3.8) is 0 Å². The van der Waals surface area contributed by atoms with Gasteiger partial charge in [-0.1, -0.05) is 43.3 Å². The average Bonchev–Trinajstić information content (AvgIpc) is 2.97. The number of amides is 1. The molecule has 4 aromatic rings. The molecule has 1 saturated heterocycles. The summed E-state index contributed by atoms with van der Waals surface area (Å²) in [6.07, 6.45) is 4.61. The van der Waals surface area contributed by atoms with Crippen molar-refractivity contribution >= 4 is 22.4 Å². The van der Waals surface area contributed by atoms with Gasteiger partial charge in [-0.25, -0.2) is 0 Å². The average molecular weight is 509 g/mol. The number of nitrogens with one attached hydrogen (secondary N) is 1. The Morgan fingerprint density at radius 3 is 2.42 bits per heavy atom. The van der Waals surface area contributed by atoms with Gasteiger partial charge in [-0.05, 0) is 65.6 Å². The van der Waals surface area contributed by atoms with E-state index < -0.39 is 0 Å². The van der Waals surface area contributed by atoms with Gasteiger partial charge >= 0.3 is 0 Å². The Bertz CT molecular complexity index is 1380. The molecule has 196 valence electrons. The number of aromatic nitrogens is 1. The zero-order chi connectivity index (χ0) is 26.3. The van der Waals surface area contributed by atoms with Gasteiger partial charge in [-0.2, -0.15) is 0 Å². The third kappa shape index (κ3) is 5.81. The molecule has 0 unspecified atom stereocenters. The number of hydrogen-bond acceptors (Lipinski definition) is 5. The van der Waals surface area contributed by atoms with Crippen molar-refractivity contribution in [1.82, 2.24) is 15.2 Å². The van der Waals surface area contributed by atoms with Crippen molar-refractivity contribution in [3.05, 3.63) is 90.3 Å². The number of pyridine rings is 1. The van der Waals surface area contributed by atoms with Crippen molar-refractivity contribution in [2.75, 3.05) is 44.2 Å². The minimum absolute atomic E-state index is 0.000255. The lowest BCUT2D eigenvalue weighted by Gasteiger charge is -2.36. The Kier molecular flexibility index (Phi) is 8.19. The number of nitrogens with zero attached hydrogens (tertiary/aromatic N) is 3. The Morgan fingerprint density at radius 2 is 1.68 bits per heavy atom. The van der Waals surface area contributed by atoms with Crippen molar-refractivity contribution < 1.29 is 9.53 Å². The predicted octanol–water partition coefficient (Wildman–Crippen LogP) is 5.76. The van der Waals surface area contributed by atoms with Gasteiger partial charge < -0.3 is 15.0 Å². The van der Waals surface area contributed by atoms with Crippen molar-refractivity contribution in [2.45, 2.75) is 26.8 Å². The molecule has 1 amide bonds. The maximum atomic E-state index is 12.2. The molecule has 0 saturated carbocycles. The first-order valence-electron chi connectivity index (χ1n) is 13.6. The monoisotopic (exact) mass is 508 g/mol. The van der Waals surface area contributed by atoms with Gasteiger partial charge in [0.2, 0.25) is 0 Å². The van der Waals surface area contributed by atoms with Gasteiger partial charge in [-0.3, -0.25) is 14.7 Å². The van der Waals surface area contributed by atoms with Crippen LogP contribution in [0.25, 0.3) is 21.9 Å². The van der Waals surface area contributed by atoms with Crippen molar-refractivity contribution in [1.29, 1.82) is 0 Å². The van der Waals surface area contributed by atoms with Crippen LogP contribution in [0.5, 0.6) is 5.75 Å². The van der Waals surface area contributed by atoms with Crippen LogP contribution in [-0.4, -0.2) is 55.1 Å². The van der Waals surface area contributed by atoms with E-state index in [0.29, 0.717) is 13.2 Å². The number of piperazine rings is 1. The summed E-state index contributed by atoms with van der Waals surface area (Å²) >= 11 is 0. The fraction of sp³-hybridized carbons (Fsp3) is 0.312. The summed E-state index contributed by atoms with van der Waals surface area (Å²) in [5.41, 5.74) is 5.48. The van der Waals surface area contributed by atoms with Crippen LogP contribution in [0.15, 0.2) is 79.1 Å². The zero-order valence-electron chi connectivity index (χ0n) is 22.3. The Balaban J connectivity index is 1.26. The first kappa shape index (κ1) is 25.7. The predicted molar refractivity (Wildman–Crippen MR) is 155 cm³/mol. The van der Waals surface area contributed by atoms with Crippen molar-refractivity contribution in [3.8, 4) is 16.9 Å². The molecular formula is C32H36N4O2. The number of carbonyl (C=O) groups is 1. The number of fused-ring (bicyclic) bond motifs is 1. The van der Waals surface area contributed by atoms with Crippen LogP contribution in [0, 0.1) is 0 Å². The molecule has 6 heteroatoms. The molecule has 5 rings (SSSR count). The number of carbonyl (C=O) groups excluding carboxylic acids is 1. The topological polar surface area (TPSA) is 57.7 Å². The summed E-state index contributed by atoms with van der Waals surface area (Å²) in [7, 11) is 0. The number of rotatable bonds is 9. The molecule has 0 atom stereocenters. The molecule has 2 heterocycles. The van der Waals surface area contributed by atoms with E-state index in [2.05, 4.69) is 81.6 Å². The number of anilines is 1. The Morgan fingerprint density at radius 1 is 0.921 bits per heavy atom. The molecule has 1 aliphatic rings. The van der Waals surface area contributed by atoms with Gasteiger partial charge in [0.1, 0.15) is 5.75 Å². The highest BCUT2D eigenvalue weighted by Crippen LogP contribution is 2.33. The molecule has 0 spiro atoms. The SMILES string of the molecule is CCCNC(=O)c1ccc(N2CCN(Cc3ccc(-c4cncc(OCC)c4)c4ccccc34)CC2)cc1. The van der Waals surface area contributed by atoms with Crippen LogP contribution < -0.4 is 15.0 Å². The van der Waals surface area contributed by atoms with Crippen molar-refractivity contribution in [2.24, 2.45) is 0 Å². The van der Waals surface area contributed by atoms with Crippen LogP contribution in [0.4, 0.5) is 5.69 Å². The van der Waals surface area contributed by atoms with E-state index in [1.807, 2.05) is 25.3 Å². The van der Waals surface area contributed by atoms with E-state index in [-0.39, 0.29) is 5.91 Å². The molecule has 1 N–H and O–H groups in total. The second kappa shape index (κ2) is 12.1. The third-order valence-electron chi connectivity index (χ3n) is 7.15. The Hall–Kier alpha value is -3.90. The lowest BCUT2D eigenvalue weighted by atomic mass is 9.95. The van der Waals surface area contributed by atoms with E-state index in [1.54, 1.807) is 6.20 Å². The van der Waals surface area contributed by atoms with Gasteiger partial charge in [0, 0.05) is 62.3 Å². The summed E-state index contributed by atoms with van der Waals surface area (Å²) in [4.78, 5) is 21.5. The number of ether oxygens (including phenoxy) is 1. The molecule has 3 aromatic carbocycles. The molecular weight excluding hydrogens is 472 g/mol. The summed E-state index contributed by atoms with van der Waals surface area (Å²) in [6, 6.07) is 23.2. The van der Waals surface area contributed by atoms with Gasteiger partial charge in [0.25, 0.3) is 5.91 Å². The smallest absolute Gasteiger partial charge is 0.251 e. The van der Waals surface area contributed by atoms with Crippen LogP contribution in [0.2, 0.25) is 0 Å². The summed E-state index contributed by atoms with van der Waals surface area (Å²) in [5.74, 6) is 0.796. The van der Waals surface area contributed by atoms with Crippen LogP contribution in [0.3, 0.4) is 0 Å². The largest absolute Gasteiger partial charge is 0.492 e. The van der Waals surface area contributed by atoms with Crippen LogP contribution in [0.1, 0.15) is 36.2 Å². The lowest BCUT2D eigenvalue weighted by molar-refractivity contribution is 0.0953. The first-order chi connectivity index (χ1) is 18.7. The van der Waals surface area contributed by atoms with E-state index in [9.17, 15) is 4.79 Å². The fourth-order valence-electron chi connectivity index (χ4n) is 5.13. The van der Waals surface area contributed by atoms with E-state index in [1.165, 1.54) is 27.6 Å². The molecule has 1 fully saturated rings. The number of hydrogen-bond donors (Lipinski definition) is 1.